The number of rotatable bonds is 14. The molecule has 3 rings (SSSR count). The van der Waals surface area contributed by atoms with Gasteiger partial charge in [-0.3, -0.25) is 14.4 Å². The quantitative estimate of drug-likeness (QED) is 0.222. The van der Waals surface area contributed by atoms with Gasteiger partial charge in [-0.1, -0.05) is 45.8 Å². The molecule has 0 aromatic heterocycles. The molecule has 0 aromatic carbocycles. The summed E-state index contributed by atoms with van der Waals surface area (Å²) in [7, 11) is 0. The summed E-state index contributed by atoms with van der Waals surface area (Å²) < 4.78 is 12.0. The normalized spacial score (nSPS) is 31.0. The Bertz CT molecular complexity index is 846. The van der Waals surface area contributed by atoms with Crippen LogP contribution in [0.1, 0.15) is 66.2 Å². The standard InChI is InChI=1S/C28H44N2O6/c1-7-11-16-35-27(34)22-21-13-14-28(36-21)23(22)25(32)30(20(17-31)18(5)10-4)24(28)26(33)29(15-9-3)19(6)12-8-2/h7,9,18-24,31H,1,3,8,10-17H2,2,4-6H3/t18-,19?,20-,21-,22+,23-,24?,28?/m0/s1. The number of esters is 1. The maximum absolute atomic E-state index is 14.3. The average molecular weight is 505 g/mol. The maximum Gasteiger partial charge on any atom is 0.312 e. The van der Waals surface area contributed by atoms with Gasteiger partial charge < -0.3 is 24.4 Å². The Morgan fingerprint density at radius 1 is 1.31 bits per heavy atom. The van der Waals surface area contributed by atoms with Gasteiger partial charge in [-0.05, 0) is 38.5 Å². The Morgan fingerprint density at radius 2 is 2.03 bits per heavy atom. The second kappa shape index (κ2) is 11.9. The van der Waals surface area contributed by atoms with Crippen molar-refractivity contribution in [1.82, 2.24) is 9.80 Å². The highest BCUT2D eigenvalue weighted by molar-refractivity contribution is 5.98. The van der Waals surface area contributed by atoms with Crippen LogP contribution in [-0.2, 0) is 23.9 Å². The zero-order valence-corrected chi connectivity index (χ0v) is 22.4. The molecule has 2 amide bonds. The molecule has 2 bridgehead atoms. The van der Waals surface area contributed by atoms with Crippen molar-refractivity contribution in [2.45, 2.75) is 96.1 Å². The topological polar surface area (TPSA) is 96.4 Å². The van der Waals surface area contributed by atoms with E-state index in [2.05, 4.69) is 20.1 Å². The van der Waals surface area contributed by atoms with Crippen LogP contribution in [0.4, 0.5) is 0 Å². The minimum Gasteiger partial charge on any atom is -0.465 e. The van der Waals surface area contributed by atoms with E-state index in [1.807, 2.05) is 20.8 Å². The van der Waals surface area contributed by atoms with Crippen LogP contribution in [0.3, 0.4) is 0 Å². The van der Waals surface area contributed by atoms with Crippen molar-refractivity contribution < 1.29 is 29.0 Å². The summed E-state index contributed by atoms with van der Waals surface area (Å²) in [6.07, 6.45) is 6.99. The van der Waals surface area contributed by atoms with Gasteiger partial charge in [0.1, 0.15) is 11.6 Å². The van der Waals surface area contributed by atoms with E-state index < -0.39 is 41.6 Å². The van der Waals surface area contributed by atoms with E-state index in [4.69, 9.17) is 9.47 Å². The Kier molecular flexibility index (Phi) is 9.39. The highest BCUT2D eigenvalue weighted by Crippen LogP contribution is 2.59. The van der Waals surface area contributed by atoms with Crippen molar-refractivity contribution in [3.8, 4) is 0 Å². The predicted octanol–water partition coefficient (Wildman–Crippen LogP) is 3.09. The SMILES string of the molecule is C=CCCOC(=O)[C@@H]1[C@@H]2CCC3(O2)C(C(=O)N(CC=C)C(C)CCC)N([C@@H](CO)[C@@H](C)CC)C(=O)[C@H]13. The van der Waals surface area contributed by atoms with E-state index in [0.29, 0.717) is 25.8 Å². The fourth-order valence-corrected chi connectivity index (χ4v) is 6.51. The largest absolute Gasteiger partial charge is 0.465 e. The van der Waals surface area contributed by atoms with Crippen LogP contribution >= 0.6 is 0 Å². The molecular formula is C28H44N2O6. The Hall–Kier alpha value is -2.19. The van der Waals surface area contributed by atoms with E-state index in [0.717, 1.165) is 19.3 Å². The van der Waals surface area contributed by atoms with E-state index in [1.165, 1.54) is 0 Å². The Morgan fingerprint density at radius 3 is 2.61 bits per heavy atom. The van der Waals surface area contributed by atoms with Gasteiger partial charge in [0.25, 0.3) is 0 Å². The van der Waals surface area contributed by atoms with E-state index >= 15 is 0 Å². The summed E-state index contributed by atoms with van der Waals surface area (Å²) in [5.41, 5.74) is -1.10. The van der Waals surface area contributed by atoms with Crippen LogP contribution in [0, 0.1) is 17.8 Å². The third kappa shape index (κ3) is 4.74. The second-order valence-electron chi connectivity index (χ2n) is 10.6. The molecule has 3 heterocycles. The molecule has 36 heavy (non-hydrogen) atoms. The summed E-state index contributed by atoms with van der Waals surface area (Å²) in [6.45, 7) is 15.8. The van der Waals surface area contributed by atoms with Gasteiger partial charge in [0.2, 0.25) is 11.8 Å². The van der Waals surface area contributed by atoms with Gasteiger partial charge in [-0.25, -0.2) is 0 Å². The van der Waals surface area contributed by atoms with Crippen molar-refractivity contribution in [1.29, 1.82) is 0 Å². The van der Waals surface area contributed by atoms with Gasteiger partial charge in [0.15, 0.2) is 0 Å². The van der Waals surface area contributed by atoms with Gasteiger partial charge in [0, 0.05) is 12.6 Å². The van der Waals surface area contributed by atoms with Gasteiger partial charge in [0.05, 0.1) is 37.2 Å². The molecule has 1 N–H and O–H groups in total. The number of amides is 2. The lowest BCUT2D eigenvalue weighted by atomic mass is 9.70. The number of fused-ring (bicyclic) bond motifs is 1. The van der Waals surface area contributed by atoms with Gasteiger partial charge in [-0.15, -0.1) is 13.2 Å². The van der Waals surface area contributed by atoms with Crippen LogP contribution in [0.5, 0.6) is 0 Å². The summed E-state index contributed by atoms with van der Waals surface area (Å²) in [6, 6.07) is -1.51. The first kappa shape index (κ1) is 28.4. The number of hydrogen-bond donors (Lipinski definition) is 1. The summed E-state index contributed by atoms with van der Waals surface area (Å²) in [5, 5.41) is 10.4. The zero-order chi connectivity index (χ0) is 26.6. The minimum absolute atomic E-state index is 0.0411. The summed E-state index contributed by atoms with van der Waals surface area (Å²) >= 11 is 0. The number of carbonyl (C=O) groups is 3. The molecule has 3 saturated heterocycles. The molecule has 3 fully saturated rings. The molecular weight excluding hydrogens is 460 g/mol. The first-order valence-corrected chi connectivity index (χ1v) is 13.5. The molecule has 8 heteroatoms. The number of hydrogen-bond acceptors (Lipinski definition) is 6. The van der Waals surface area contributed by atoms with Gasteiger partial charge >= 0.3 is 5.97 Å². The molecule has 8 atom stereocenters. The second-order valence-corrected chi connectivity index (χ2v) is 10.6. The lowest BCUT2D eigenvalue weighted by Crippen LogP contribution is -2.60. The zero-order valence-electron chi connectivity index (χ0n) is 22.4. The van der Waals surface area contributed by atoms with Gasteiger partial charge in [-0.2, -0.15) is 0 Å². The fraction of sp³-hybridized carbons (Fsp3) is 0.750. The van der Waals surface area contributed by atoms with Crippen molar-refractivity contribution in [2.24, 2.45) is 17.8 Å². The molecule has 3 aliphatic heterocycles. The maximum atomic E-state index is 14.3. The van der Waals surface area contributed by atoms with Crippen molar-refractivity contribution in [3.63, 3.8) is 0 Å². The van der Waals surface area contributed by atoms with Crippen LogP contribution in [0.15, 0.2) is 25.3 Å². The summed E-state index contributed by atoms with van der Waals surface area (Å²) in [4.78, 5) is 45.0. The Labute approximate surface area is 215 Å². The van der Waals surface area contributed by atoms with E-state index in [9.17, 15) is 19.5 Å². The van der Waals surface area contributed by atoms with Crippen LogP contribution in [-0.4, -0.2) is 82.3 Å². The lowest BCUT2D eigenvalue weighted by molar-refractivity contribution is -0.157. The predicted molar refractivity (Wildman–Crippen MR) is 137 cm³/mol. The van der Waals surface area contributed by atoms with E-state index in [1.54, 1.807) is 22.0 Å². The highest BCUT2D eigenvalue weighted by atomic mass is 16.6. The number of aliphatic hydroxyl groups excluding tert-OH is 1. The molecule has 3 unspecified atom stereocenters. The molecule has 0 aromatic rings. The van der Waals surface area contributed by atoms with Crippen molar-refractivity contribution in [3.05, 3.63) is 25.3 Å². The number of carbonyl (C=O) groups excluding carboxylic acids is 3. The molecule has 202 valence electrons. The lowest BCUT2D eigenvalue weighted by Gasteiger charge is -2.42. The first-order chi connectivity index (χ1) is 17.2. The molecule has 1 spiro atoms. The molecule has 0 aliphatic carbocycles. The monoisotopic (exact) mass is 504 g/mol. The van der Waals surface area contributed by atoms with Crippen molar-refractivity contribution in [2.75, 3.05) is 19.8 Å². The number of nitrogens with zero attached hydrogens (tertiary/aromatic N) is 2. The first-order valence-electron chi connectivity index (χ1n) is 13.5. The third-order valence-corrected chi connectivity index (χ3v) is 8.50. The van der Waals surface area contributed by atoms with Crippen LogP contribution in [0.2, 0.25) is 0 Å². The minimum atomic E-state index is -1.10. The number of aliphatic hydroxyl groups is 1. The average Bonchev–Trinajstić information content (AvgIpc) is 3.50. The third-order valence-electron chi connectivity index (χ3n) is 8.50. The van der Waals surface area contributed by atoms with E-state index in [-0.39, 0.29) is 37.0 Å². The number of ether oxygens (including phenoxy) is 2. The van der Waals surface area contributed by atoms with Crippen molar-refractivity contribution >= 4 is 17.8 Å². The summed E-state index contributed by atoms with van der Waals surface area (Å²) in [5.74, 6) is -2.54. The fourth-order valence-electron chi connectivity index (χ4n) is 6.51. The molecule has 3 aliphatic rings. The highest BCUT2D eigenvalue weighted by Gasteiger charge is 2.75. The number of likely N-dealkylation sites (tertiary alicyclic amines) is 1. The smallest absolute Gasteiger partial charge is 0.312 e. The molecule has 8 nitrogen and oxygen atoms in total. The van der Waals surface area contributed by atoms with Crippen LogP contribution in [0.25, 0.3) is 0 Å². The molecule has 0 radical (unpaired) electrons. The van der Waals surface area contributed by atoms with Crippen LogP contribution < -0.4 is 0 Å². The Balaban J connectivity index is 2.07. The molecule has 0 saturated carbocycles.